The first-order valence-corrected chi connectivity index (χ1v) is 6.41. The lowest BCUT2D eigenvalue weighted by Gasteiger charge is -2.09. The van der Waals surface area contributed by atoms with Crippen molar-refractivity contribution in [1.29, 1.82) is 0 Å². The van der Waals surface area contributed by atoms with Crippen LogP contribution in [0.1, 0.15) is 16.8 Å². The summed E-state index contributed by atoms with van der Waals surface area (Å²) >= 11 is 2.02. The Morgan fingerprint density at radius 3 is 2.29 bits per heavy atom. The Kier molecular flexibility index (Phi) is 3.33. The first-order valence-electron chi connectivity index (χ1n) is 5.33. The molecule has 0 saturated heterocycles. The molecule has 0 aliphatic heterocycles. The summed E-state index contributed by atoms with van der Waals surface area (Å²) in [5.41, 5.74) is 3.95. The fourth-order valence-electron chi connectivity index (χ4n) is 1.88. The first kappa shape index (κ1) is 12.3. The van der Waals surface area contributed by atoms with Crippen LogP contribution in [0.4, 0.5) is 0 Å². The molecule has 0 fully saturated rings. The molecular formula is C13H13IN2O. The number of nitrogens with zero attached hydrogens (tertiary/aromatic N) is 1. The molecule has 0 aliphatic rings. The van der Waals surface area contributed by atoms with Gasteiger partial charge < -0.3 is 4.98 Å². The molecule has 2 aromatic rings. The normalized spacial score (nSPS) is 10.6. The Labute approximate surface area is 113 Å². The average Bonchev–Trinajstić information content (AvgIpc) is 2.25. The maximum atomic E-state index is 11.8. The summed E-state index contributed by atoms with van der Waals surface area (Å²) in [6, 6.07) is 6.05. The van der Waals surface area contributed by atoms with E-state index in [0.717, 1.165) is 22.4 Å². The molecule has 1 N–H and O–H groups in total. The van der Waals surface area contributed by atoms with E-state index in [2.05, 4.69) is 9.97 Å². The molecule has 1 heterocycles. The summed E-state index contributed by atoms with van der Waals surface area (Å²) in [5, 5.41) is 0. The summed E-state index contributed by atoms with van der Waals surface area (Å²) in [5.74, 6) is 0.656. The number of H-pyrrole nitrogens is 1. The zero-order valence-electron chi connectivity index (χ0n) is 9.97. The van der Waals surface area contributed by atoms with Crippen molar-refractivity contribution in [1.82, 2.24) is 9.97 Å². The van der Waals surface area contributed by atoms with Crippen molar-refractivity contribution in [2.24, 2.45) is 0 Å². The highest BCUT2D eigenvalue weighted by atomic mass is 127. The van der Waals surface area contributed by atoms with Gasteiger partial charge in [-0.05, 0) is 54.5 Å². The molecule has 0 amide bonds. The summed E-state index contributed by atoms with van der Waals surface area (Å²) in [7, 11) is 0. The number of halogens is 1. The number of rotatable bonds is 1. The highest BCUT2D eigenvalue weighted by molar-refractivity contribution is 14.1. The van der Waals surface area contributed by atoms with Gasteiger partial charge in [-0.3, -0.25) is 4.79 Å². The topological polar surface area (TPSA) is 45.8 Å². The lowest BCUT2D eigenvalue weighted by molar-refractivity contribution is 1.04. The fraction of sp³-hybridized carbons (Fsp3) is 0.231. The van der Waals surface area contributed by atoms with Gasteiger partial charge in [0.05, 0.1) is 9.26 Å². The maximum absolute atomic E-state index is 11.8. The van der Waals surface area contributed by atoms with Crippen molar-refractivity contribution < 1.29 is 0 Å². The van der Waals surface area contributed by atoms with Crippen LogP contribution in [0.2, 0.25) is 0 Å². The van der Waals surface area contributed by atoms with E-state index in [0.29, 0.717) is 9.39 Å². The van der Waals surface area contributed by atoms with Crippen LogP contribution in [0, 0.1) is 24.3 Å². The number of nitrogens with one attached hydrogen (secondary N) is 1. The molecule has 1 aromatic carbocycles. The van der Waals surface area contributed by atoms with Gasteiger partial charge in [-0.2, -0.15) is 0 Å². The number of aryl methyl sites for hydroxylation is 3. The van der Waals surface area contributed by atoms with Gasteiger partial charge in [-0.15, -0.1) is 0 Å². The van der Waals surface area contributed by atoms with Crippen molar-refractivity contribution >= 4 is 22.6 Å². The van der Waals surface area contributed by atoms with Gasteiger partial charge in [0.15, 0.2) is 0 Å². The quantitative estimate of drug-likeness (QED) is 0.812. The third-order valence-electron chi connectivity index (χ3n) is 2.75. The molecule has 0 radical (unpaired) electrons. The van der Waals surface area contributed by atoms with E-state index >= 15 is 0 Å². The van der Waals surface area contributed by atoms with Gasteiger partial charge in [0.25, 0.3) is 5.56 Å². The van der Waals surface area contributed by atoms with E-state index in [1.807, 2.05) is 61.6 Å². The second-order valence-electron chi connectivity index (χ2n) is 4.08. The summed E-state index contributed by atoms with van der Waals surface area (Å²) in [4.78, 5) is 19.1. The van der Waals surface area contributed by atoms with Crippen LogP contribution in [0.3, 0.4) is 0 Å². The van der Waals surface area contributed by atoms with Gasteiger partial charge >= 0.3 is 0 Å². The van der Waals surface area contributed by atoms with Crippen molar-refractivity contribution in [3.8, 4) is 11.4 Å². The average molecular weight is 340 g/mol. The molecule has 0 bridgehead atoms. The van der Waals surface area contributed by atoms with E-state index in [9.17, 15) is 4.79 Å². The minimum atomic E-state index is -0.0734. The minimum absolute atomic E-state index is 0.0734. The van der Waals surface area contributed by atoms with E-state index in [-0.39, 0.29) is 5.56 Å². The number of hydrogen-bond acceptors (Lipinski definition) is 2. The number of aromatic amines is 1. The molecule has 17 heavy (non-hydrogen) atoms. The predicted molar refractivity (Wildman–Crippen MR) is 77.2 cm³/mol. The molecule has 2 rings (SSSR count). The van der Waals surface area contributed by atoms with Gasteiger partial charge in [0, 0.05) is 5.56 Å². The molecule has 3 nitrogen and oxygen atoms in total. The Balaban J connectivity index is 2.74. The monoisotopic (exact) mass is 340 g/mol. The summed E-state index contributed by atoms with van der Waals surface area (Å²) < 4.78 is 0.651. The van der Waals surface area contributed by atoms with E-state index in [1.54, 1.807) is 0 Å². The smallest absolute Gasteiger partial charge is 0.264 e. The molecule has 0 saturated carbocycles. The fourth-order valence-corrected chi connectivity index (χ4v) is 2.13. The van der Waals surface area contributed by atoms with E-state index in [4.69, 9.17) is 0 Å². The third kappa shape index (κ3) is 2.26. The Morgan fingerprint density at radius 1 is 1.18 bits per heavy atom. The lowest BCUT2D eigenvalue weighted by Crippen LogP contribution is -2.15. The summed E-state index contributed by atoms with van der Waals surface area (Å²) in [6.07, 6.45) is 0. The van der Waals surface area contributed by atoms with Crippen LogP contribution >= 0.6 is 22.6 Å². The maximum Gasteiger partial charge on any atom is 0.264 e. The first-order chi connectivity index (χ1) is 8.00. The van der Waals surface area contributed by atoms with Crippen molar-refractivity contribution in [3.63, 3.8) is 0 Å². The Bertz CT molecular complexity index is 612. The van der Waals surface area contributed by atoms with Crippen LogP contribution < -0.4 is 5.56 Å². The van der Waals surface area contributed by atoms with Gasteiger partial charge in [0.2, 0.25) is 0 Å². The molecule has 0 spiro atoms. The number of benzene rings is 1. The van der Waals surface area contributed by atoms with Gasteiger partial charge in [-0.25, -0.2) is 4.98 Å². The molecule has 1 aromatic heterocycles. The molecule has 88 valence electrons. The molecule has 0 unspecified atom stereocenters. The minimum Gasteiger partial charge on any atom is -0.306 e. The third-order valence-corrected chi connectivity index (χ3v) is 4.02. The van der Waals surface area contributed by atoms with E-state index < -0.39 is 0 Å². The van der Waals surface area contributed by atoms with Crippen molar-refractivity contribution in [2.45, 2.75) is 20.8 Å². The highest BCUT2D eigenvalue weighted by Crippen LogP contribution is 2.23. The lowest BCUT2D eigenvalue weighted by atomic mass is 10.0. The van der Waals surface area contributed by atoms with Crippen molar-refractivity contribution in [2.75, 3.05) is 0 Å². The van der Waals surface area contributed by atoms with Crippen LogP contribution in [-0.4, -0.2) is 9.97 Å². The van der Waals surface area contributed by atoms with E-state index in [1.165, 1.54) is 0 Å². The molecule has 0 aliphatic carbocycles. The van der Waals surface area contributed by atoms with Crippen LogP contribution in [0.5, 0.6) is 0 Å². The number of hydrogen-bond donors (Lipinski definition) is 1. The van der Waals surface area contributed by atoms with Crippen LogP contribution in [0.25, 0.3) is 11.4 Å². The van der Waals surface area contributed by atoms with Gasteiger partial charge in [0.1, 0.15) is 5.82 Å². The van der Waals surface area contributed by atoms with Crippen molar-refractivity contribution in [3.05, 3.63) is 48.9 Å². The largest absolute Gasteiger partial charge is 0.306 e. The highest BCUT2D eigenvalue weighted by Gasteiger charge is 2.10. The van der Waals surface area contributed by atoms with Gasteiger partial charge in [-0.1, -0.05) is 18.2 Å². The SMILES string of the molecule is Cc1cccc(C)c1-c1nc(C)c(I)c(=O)[nH]1. The molecule has 0 atom stereocenters. The Hall–Kier alpha value is -1.17. The predicted octanol–water partition coefficient (Wildman–Crippen LogP) is 2.97. The van der Waals surface area contributed by atoms with Crippen LogP contribution in [0.15, 0.2) is 23.0 Å². The standard InChI is InChI=1S/C13H13IN2O/c1-7-5-4-6-8(2)10(7)12-15-9(3)11(14)13(17)16-12/h4-6H,1-3H3,(H,15,16,17). The van der Waals surface area contributed by atoms with Crippen LogP contribution in [-0.2, 0) is 0 Å². The second-order valence-corrected chi connectivity index (χ2v) is 5.16. The Morgan fingerprint density at radius 2 is 1.76 bits per heavy atom. The summed E-state index contributed by atoms with van der Waals surface area (Å²) in [6.45, 7) is 5.90. The second kappa shape index (κ2) is 4.60. The molecular weight excluding hydrogens is 327 g/mol. The zero-order chi connectivity index (χ0) is 12.6. The zero-order valence-corrected chi connectivity index (χ0v) is 12.1. The molecule has 4 heteroatoms. The number of aromatic nitrogens is 2.